The number of morpholine rings is 1. The number of benzene rings is 1. The Morgan fingerprint density at radius 1 is 1.38 bits per heavy atom. The molecule has 0 aromatic heterocycles. The highest BCUT2D eigenvalue weighted by Gasteiger charge is 2.20. The van der Waals surface area contributed by atoms with Crippen molar-refractivity contribution in [2.45, 2.75) is 0 Å². The van der Waals surface area contributed by atoms with Crippen molar-refractivity contribution in [3.8, 4) is 5.75 Å². The summed E-state index contributed by atoms with van der Waals surface area (Å²) in [4.78, 5) is 24.7. The summed E-state index contributed by atoms with van der Waals surface area (Å²) >= 11 is 6.01. The summed E-state index contributed by atoms with van der Waals surface area (Å²) in [7, 11) is 1.35. The average molecular weight is 315 g/mol. The van der Waals surface area contributed by atoms with E-state index in [0.717, 1.165) is 0 Å². The van der Waals surface area contributed by atoms with Crippen LogP contribution in [0.5, 0.6) is 5.75 Å². The van der Waals surface area contributed by atoms with Gasteiger partial charge in [0.15, 0.2) is 0 Å². The van der Waals surface area contributed by atoms with Gasteiger partial charge in [-0.1, -0.05) is 11.6 Å². The number of urea groups is 1. The maximum Gasteiger partial charge on any atom is 0.339 e. The highest BCUT2D eigenvalue weighted by atomic mass is 35.5. The van der Waals surface area contributed by atoms with Gasteiger partial charge in [-0.15, -0.1) is 0 Å². The van der Waals surface area contributed by atoms with Crippen LogP contribution in [0.25, 0.3) is 0 Å². The molecule has 2 amide bonds. The quantitative estimate of drug-likeness (QED) is 0.889. The van der Waals surface area contributed by atoms with Gasteiger partial charge in [0.25, 0.3) is 0 Å². The minimum absolute atomic E-state index is 0.0631. The molecule has 1 aromatic rings. The molecular formula is C13H15ClN2O5. The van der Waals surface area contributed by atoms with Crippen molar-refractivity contribution >= 4 is 29.3 Å². The SMILES string of the molecule is COc1cc(NC(=O)N2CCOCC2)c(Cl)cc1C(=O)O. The van der Waals surface area contributed by atoms with Crippen molar-refractivity contribution < 1.29 is 24.2 Å². The van der Waals surface area contributed by atoms with Gasteiger partial charge in [0.2, 0.25) is 0 Å². The largest absolute Gasteiger partial charge is 0.496 e. The number of anilines is 1. The van der Waals surface area contributed by atoms with Crippen LogP contribution in [-0.2, 0) is 4.74 Å². The number of carbonyl (C=O) groups excluding carboxylic acids is 1. The lowest BCUT2D eigenvalue weighted by molar-refractivity contribution is 0.0564. The lowest BCUT2D eigenvalue weighted by Gasteiger charge is -2.27. The average Bonchev–Trinajstić information content (AvgIpc) is 2.49. The Morgan fingerprint density at radius 3 is 2.62 bits per heavy atom. The number of amides is 2. The Balaban J connectivity index is 2.19. The fourth-order valence-corrected chi connectivity index (χ4v) is 2.16. The molecule has 0 aliphatic carbocycles. The Bertz CT molecular complexity index is 558. The number of carboxylic acid groups (broad SMARTS) is 1. The summed E-state index contributed by atoms with van der Waals surface area (Å²) in [5, 5.41) is 11.8. The van der Waals surface area contributed by atoms with Crippen LogP contribution < -0.4 is 10.1 Å². The van der Waals surface area contributed by atoms with Crippen LogP contribution in [0.4, 0.5) is 10.5 Å². The van der Waals surface area contributed by atoms with Crippen molar-refractivity contribution in [1.82, 2.24) is 4.90 Å². The Labute approximate surface area is 126 Å². The number of ether oxygens (including phenoxy) is 2. The van der Waals surface area contributed by atoms with E-state index >= 15 is 0 Å². The molecule has 1 aliphatic heterocycles. The highest BCUT2D eigenvalue weighted by molar-refractivity contribution is 6.34. The predicted octanol–water partition coefficient (Wildman–Crippen LogP) is 1.91. The highest BCUT2D eigenvalue weighted by Crippen LogP contribution is 2.31. The number of carboxylic acids is 1. The molecule has 0 saturated carbocycles. The van der Waals surface area contributed by atoms with Crippen LogP contribution in [0.15, 0.2) is 12.1 Å². The van der Waals surface area contributed by atoms with Crippen LogP contribution >= 0.6 is 11.6 Å². The summed E-state index contributed by atoms with van der Waals surface area (Å²) in [6.45, 7) is 1.96. The third-order valence-electron chi connectivity index (χ3n) is 3.06. The van der Waals surface area contributed by atoms with Gasteiger partial charge in [-0.3, -0.25) is 0 Å². The number of methoxy groups -OCH3 is 1. The second-order valence-electron chi connectivity index (χ2n) is 4.37. The first-order chi connectivity index (χ1) is 10.0. The first-order valence-corrected chi connectivity index (χ1v) is 6.65. The van der Waals surface area contributed by atoms with Crippen LogP contribution in [0.2, 0.25) is 5.02 Å². The summed E-state index contributed by atoms with van der Waals surface area (Å²) in [6.07, 6.45) is 0. The molecule has 1 saturated heterocycles. The molecular weight excluding hydrogens is 300 g/mol. The Kier molecular flexibility index (Phi) is 4.87. The van der Waals surface area contributed by atoms with Crippen LogP contribution in [0.1, 0.15) is 10.4 Å². The summed E-state index contributed by atoms with van der Waals surface area (Å²) in [6, 6.07) is 2.33. The topological polar surface area (TPSA) is 88.1 Å². The van der Waals surface area contributed by atoms with E-state index in [0.29, 0.717) is 32.0 Å². The summed E-state index contributed by atoms with van der Waals surface area (Å²) in [5.74, 6) is -1.02. The van der Waals surface area contributed by atoms with Gasteiger partial charge in [0, 0.05) is 19.2 Å². The zero-order valence-corrected chi connectivity index (χ0v) is 12.1. The third kappa shape index (κ3) is 3.56. The number of nitrogens with one attached hydrogen (secondary N) is 1. The zero-order valence-electron chi connectivity index (χ0n) is 11.4. The molecule has 114 valence electrons. The van der Waals surface area contributed by atoms with Crippen LogP contribution in [0.3, 0.4) is 0 Å². The van der Waals surface area contributed by atoms with E-state index in [1.165, 1.54) is 19.2 Å². The molecule has 1 aliphatic rings. The number of hydrogen-bond acceptors (Lipinski definition) is 4. The molecule has 0 bridgehead atoms. The van der Waals surface area contributed by atoms with Crippen molar-refractivity contribution in [1.29, 1.82) is 0 Å². The molecule has 1 heterocycles. The van der Waals surface area contributed by atoms with Gasteiger partial charge in [-0.25, -0.2) is 9.59 Å². The number of carbonyl (C=O) groups is 2. The molecule has 0 spiro atoms. The van der Waals surface area contributed by atoms with Gasteiger partial charge < -0.3 is 24.8 Å². The molecule has 2 N–H and O–H groups in total. The smallest absolute Gasteiger partial charge is 0.339 e. The number of nitrogens with zero attached hydrogens (tertiary/aromatic N) is 1. The molecule has 1 fully saturated rings. The molecule has 8 heteroatoms. The van der Waals surface area contributed by atoms with E-state index in [-0.39, 0.29) is 22.4 Å². The predicted molar refractivity (Wildman–Crippen MR) is 76.4 cm³/mol. The van der Waals surface area contributed by atoms with Gasteiger partial charge in [0.05, 0.1) is 31.0 Å². The Morgan fingerprint density at radius 2 is 2.05 bits per heavy atom. The van der Waals surface area contributed by atoms with Crippen LogP contribution in [-0.4, -0.2) is 55.4 Å². The van der Waals surface area contributed by atoms with Gasteiger partial charge in [-0.05, 0) is 6.07 Å². The molecule has 1 aromatic carbocycles. The lowest BCUT2D eigenvalue weighted by Crippen LogP contribution is -2.43. The maximum atomic E-state index is 12.1. The van der Waals surface area contributed by atoms with Gasteiger partial charge in [-0.2, -0.15) is 0 Å². The lowest BCUT2D eigenvalue weighted by atomic mass is 10.2. The number of rotatable bonds is 3. The van der Waals surface area contributed by atoms with Gasteiger partial charge >= 0.3 is 12.0 Å². The molecule has 7 nitrogen and oxygen atoms in total. The second-order valence-corrected chi connectivity index (χ2v) is 4.77. The van der Waals surface area contributed by atoms with Crippen molar-refractivity contribution in [3.63, 3.8) is 0 Å². The fraction of sp³-hybridized carbons (Fsp3) is 0.385. The molecule has 21 heavy (non-hydrogen) atoms. The van der Waals surface area contributed by atoms with Crippen LogP contribution in [0, 0.1) is 0 Å². The first kappa shape index (κ1) is 15.4. The monoisotopic (exact) mass is 314 g/mol. The fourth-order valence-electron chi connectivity index (χ4n) is 1.95. The number of hydrogen-bond donors (Lipinski definition) is 2. The minimum atomic E-state index is -1.15. The molecule has 0 unspecified atom stereocenters. The Hall–Kier alpha value is -1.99. The zero-order chi connectivity index (χ0) is 15.4. The van der Waals surface area contributed by atoms with E-state index in [2.05, 4.69) is 5.32 Å². The second kappa shape index (κ2) is 6.64. The van der Waals surface area contributed by atoms with Crippen molar-refractivity contribution in [2.24, 2.45) is 0 Å². The van der Waals surface area contributed by atoms with E-state index in [4.69, 9.17) is 26.2 Å². The normalized spacial score (nSPS) is 14.7. The van der Waals surface area contributed by atoms with E-state index in [1.807, 2.05) is 0 Å². The summed E-state index contributed by atoms with van der Waals surface area (Å²) in [5.41, 5.74) is 0.238. The van der Waals surface area contributed by atoms with E-state index < -0.39 is 5.97 Å². The van der Waals surface area contributed by atoms with Crippen molar-refractivity contribution in [3.05, 3.63) is 22.7 Å². The molecule has 0 atom stereocenters. The molecule has 2 rings (SSSR count). The van der Waals surface area contributed by atoms with Gasteiger partial charge in [0.1, 0.15) is 11.3 Å². The van der Waals surface area contributed by atoms with Crippen molar-refractivity contribution in [2.75, 3.05) is 38.7 Å². The van der Waals surface area contributed by atoms with E-state index in [1.54, 1.807) is 4.90 Å². The number of halogens is 1. The summed E-state index contributed by atoms with van der Waals surface area (Å²) < 4.78 is 10.2. The third-order valence-corrected chi connectivity index (χ3v) is 3.37. The maximum absolute atomic E-state index is 12.1. The molecule has 0 radical (unpaired) electrons. The first-order valence-electron chi connectivity index (χ1n) is 6.27. The van der Waals surface area contributed by atoms with E-state index in [9.17, 15) is 9.59 Å². The minimum Gasteiger partial charge on any atom is -0.496 e. The standard InChI is InChI=1S/C13H15ClN2O5/c1-20-11-7-10(9(14)6-8(11)12(17)18)15-13(19)16-2-4-21-5-3-16/h6-7H,2-5H2,1H3,(H,15,19)(H,17,18). The number of aromatic carboxylic acids is 1.